The van der Waals surface area contributed by atoms with Crippen LogP contribution in [0.1, 0.15) is 32.1 Å². The molecule has 1 aliphatic heterocycles. The lowest BCUT2D eigenvalue weighted by atomic mass is 10.1. The van der Waals surface area contributed by atoms with Gasteiger partial charge in [0.2, 0.25) is 23.6 Å². The van der Waals surface area contributed by atoms with Gasteiger partial charge in [0.15, 0.2) is 0 Å². The molecule has 13 nitrogen and oxygen atoms in total. The number of aliphatic carboxylic acids is 2. The normalized spacial score (nSPS) is 17.8. The van der Waals surface area contributed by atoms with Crippen LogP contribution in [-0.4, -0.2) is 81.9 Å². The average molecular weight is 415 g/mol. The molecule has 0 spiro atoms. The third kappa shape index (κ3) is 7.73. The zero-order valence-corrected chi connectivity index (χ0v) is 15.6. The number of nitrogens with zero attached hydrogens (tertiary/aromatic N) is 1. The molecular weight excluding hydrogens is 390 g/mol. The molecule has 29 heavy (non-hydrogen) atoms. The number of likely N-dealkylation sites (tertiary alicyclic amines) is 1. The summed E-state index contributed by atoms with van der Waals surface area (Å²) in [5, 5.41) is 22.2. The Kier molecular flexibility index (Phi) is 8.99. The fourth-order valence-corrected chi connectivity index (χ4v) is 2.81. The Labute approximate surface area is 165 Å². The first kappa shape index (κ1) is 23.8. The van der Waals surface area contributed by atoms with Crippen molar-refractivity contribution >= 4 is 35.6 Å². The van der Waals surface area contributed by atoms with E-state index in [1.54, 1.807) is 0 Å². The highest BCUT2D eigenvalue weighted by Gasteiger charge is 2.34. The fraction of sp³-hybridized carbons (Fsp3) is 0.625. The quantitative estimate of drug-likeness (QED) is 0.199. The summed E-state index contributed by atoms with van der Waals surface area (Å²) in [7, 11) is 0. The smallest absolute Gasteiger partial charge is 0.326 e. The van der Waals surface area contributed by atoms with Gasteiger partial charge in [-0.1, -0.05) is 0 Å². The van der Waals surface area contributed by atoms with E-state index in [0.29, 0.717) is 12.8 Å². The van der Waals surface area contributed by atoms with E-state index in [4.69, 9.17) is 21.7 Å². The fourth-order valence-electron chi connectivity index (χ4n) is 2.81. The zero-order chi connectivity index (χ0) is 22.1. The first-order valence-corrected chi connectivity index (χ1v) is 8.89. The molecule has 162 valence electrons. The van der Waals surface area contributed by atoms with Crippen LogP contribution >= 0.6 is 0 Å². The molecule has 4 amide bonds. The van der Waals surface area contributed by atoms with E-state index in [0.717, 1.165) is 4.90 Å². The third-order valence-corrected chi connectivity index (χ3v) is 4.32. The van der Waals surface area contributed by atoms with Gasteiger partial charge >= 0.3 is 11.9 Å². The molecular formula is C16H25N5O8. The van der Waals surface area contributed by atoms with Crippen LogP contribution in [0.15, 0.2) is 0 Å². The summed E-state index contributed by atoms with van der Waals surface area (Å²) in [5.41, 5.74) is 10.6. The van der Waals surface area contributed by atoms with Crippen molar-refractivity contribution in [3.05, 3.63) is 0 Å². The van der Waals surface area contributed by atoms with Gasteiger partial charge in [-0.15, -0.1) is 0 Å². The van der Waals surface area contributed by atoms with Crippen LogP contribution in [0.5, 0.6) is 0 Å². The lowest BCUT2D eigenvalue weighted by Crippen LogP contribution is -2.54. The van der Waals surface area contributed by atoms with Crippen LogP contribution in [0.25, 0.3) is 0 Å². The number of carbonyl (C=O) groups excluding carboxylic acids is 4. The molecule has 0 aromatic rings. The molecule has 3 atom stereocenters. The van der Waals surface area contributed by atoms with Gasteiger partial charge in [0.05, 0.1) is 19.0 Å². The van der Waals surface area contributed by atoms with E-state index in [9.17, 15) is 28.8 Å². The minimum Gasteiger partial charge on any atom is -0.481 e. The summed E-state index contributed by atoms with van der Waals surface area (Å²) in [6.45, 7) is -0.287. The molecule has 0 bridgehead atoms. The Bertz CT molecular complexity index is 682. The maximum Gasteiger partial charge on any atom is 0.326 e. The van der Waals surface area contributed by atoms with Crippen LogP contribution in [0.3, 0.4) is 0 Å². The summed E-state index contributed by atoms with van der Waals surface area (Å²) in [6, 6.07) is -3.61. The Morgan fingerprint density at radius 2 is 1.76 bits per heavy atom. The second-order valence-corrected chi connectivity index (χ2v) is 6.57. The second kappa shape index (κ2) is 10.9. The van der Waals surface area contributed by atoms with E-state index >= 15 is 0 Å². The number of rotatable bonds is 11. The SMILES string of the molecule is NC(=O)CC(NC(=O)C(N)CCC(=O)O)C(=O)NCC(=O)N1CCCC1C(=O)O. The number of primary amides is 1. The lowest BCUT2D eigenvalue weighted by Gasteiger charge is -2.23. The van der Waals surface area contributed by atoms with Crippen molar-refractivity contribution in [1.29, 1.82) is 0 Å². The standard InChI is InChI=1S/C16H25N5O8/c17-8(3-4-13(24)25)14(26)20-9(6-11(18)22)15(27)19-7-12(23)21-5-1-2-10(21)16(28)29/h8-10H,1-7,17H2,(H2,18,22)(H,19,27)(H,20,26)(H,24,25)(H,28,29). The van der Waals surface area contributed by atoms with Gasteiger partial charge in [0, 0.05) is 13.0 Å². The average Bonchev–Trinajstić information content (AvgIpc) is 3.12. The van der Waals surface area contributed by atoms with Gasteiger partial charge in [-0.3, -0.25) is 24.0 Å². The van der Waals surface area contributed by atoms with Crippen molar-refractivity contribution in [2.24, 2.45) is 11.5 Å². The number of hydrogen-bond donors (Lipinski definition) is 6. The molecule has 0 aromatic carbocycles. The van der Waals surface area contributed by atoms with Crippen LogP contribution in [0.2, 0.25) is 0 Å². The molecule has 13 heteroatoms. The Morgan fingerprint density at radius 1 is 1.10 bits per heavy atom. The van der Waals surface area contributed by atoms with Crippen LogP contribution < -0.4 is 22.1 Å². The topological polar surface area (TPSA) is 222 Å². The van der Waals surface area contributed by atoms with Crippen molar-refractivity contribution in [1.82, 2.24) is 15.5 Å². The van der Waals surface area contributed by atoms with Crippen LogP contribution in [0.4, 0.5) is 0 Å². The van der Waals surface area contributed by atoms with Crippen LogP contribution in [-0.2, 0) is 28.8 Å². The van der Waals surface area contributed by atoms with Gasteiger partial charge in [0.25, 0.3) is 0 Å². The molecule has 0 aliphatic carbocycles. The van der Waals surface area contributed by atoms with E-state index in [-0.39, 0.29) is 19.4 Å². The van der Waals surface area contributed by atoms with E-state index in [2.05, 4.69) is 10.6 Å². The summed E-state index contributed by atoms with van der Waals surface area (Å²) < 4.78 is 0. The van der Waals surface area contributed by atoms with Gasteiger partial charge in [-0.2, -0.15) is 0 Å². The van der Waals surface area contributed by atoms with E-state index < -0.39 is 66.7 Å². The predicted molar refractivity (Wildman–Crippen MR) is 96.0 cm³/mol. The van der Waals surface area contributed by atoms with Crippen LogP contribution in [0, 0.1) is 0 Å². The highest BCUT2D eigenvalue weighted by molar-refractivity contribution is 5.95. The molecule has 8 N–H and O–H groups in total. The third-order valence-electron chi connectivity index (χ3n) is 4.32. The number of nitrogens with two attached hydrogens (primary N) is 2. The van der Waals surface area contributed by atoms with Crippen molar-refractivity contribution in [3.63, 3.8) is 0 Å². The molecule has 1 aliphatic rings. The van der Waals surface area contributed by atoms with Gasteiger partial charge < -0.3 is 37.2 Å². The molecule has 0 aromatic heterocycles. The highest BCUT2D eigenvalue weighted by Crippen LogP contribution is 2.17. The second-order valence-electron chi connectivity index (χ2n) is 6.57. The van der Waals surface area contributed by atoms with Crippen molar-refractivity contribution in [2.75, 3.05) is 13.1 Å². The minimum atomic E-state index is -1.42. The molecule has 1 heterocycles. The summed E-state index contributed by atoms with van der Waals surface area (Å²) in [4.78, 5) is 70.5. The summed E-state index contributed by atoms with van der Waals surface area (Å²) in [6.07, 6.45) is -0.291. The number of amides is 4. The molecule has 1 rings (SSSR count). The molecule has 1 fully saturated rings. The van der Waals surface area contributed by atoms with Crippen molar-refractivity contribution in [3.8, 4) is 0 Å². The maximum atomic E-state index is 12.3. The number of hydrogen-bond acceptors (Lipinski definition) is 7. The predicted octanol–water partition coefficient (Wildman–Crippen LogP) is -3.27. The van der Waals surface area contributed by atoms with E-state index in [1.807, 2.05) is 0 Å². The van der Waals surface area contributed by atoms with E-state index in [1.165, 1.54) is 0 Å². The van der Waals surface area contributed by atoms with Crippen molar-refractivity contribution < 1.29 is 39.0 Å². The number of carboxylic acids is 2. The number of nitrogens with one attached hydrogen (secondary N) is 2. The minimum absolute atomic E-state index is 0.184. The first-order chi connectivity index (χ1) is 13.5. The summed E-state index contributed by atoms with van der Waals surface area (Å²) >= 11 is 0. The highest BCUT2D eigenvalue weighted by atomic mass is 16.4. The number of carboxylic acid groups (broad SMARTS) is 2. The van der Waals surface area contributed by atoms with Crippen molar-refractivity contribution in [2.45, 2.75) is 50.2 Å². The Morgan fingerprint density at radius 3 is 2.31 bits per heavy atom. The number of carbonyl (C=O) groups is 6. The largest absolute Gasteiger partial charge is 0.481 e. The Hall–Kier alpha value is -3.22. The zero-order valence-electron chi connectivity index (χ0n) is 15.6. The maximum absolute atomic E-state index is 12.3. The van der Waals surface area contributed by atoms with Gasteiger partial charge in [-0.05, 0) is 19.3 Å². The monoisotopic (exact) mass is 415 g/mol. The molecule has 0 saturated carbocycles. The molecule has 0 radical (unpaired) electrons. The Balaban J connectivity index is 2.65. The summed E-state index contributed by atoms with van der Waals surface area (Å²) in [5.74, 6) is -5.56. The first-order valence-electron chi connectivity index (χ1n) is 8.89. The van der Waals surface area contributed by atoms with Gasteiger partial charge in [-0.25, -0.2) is 4.79 Å². The lowest BCUT2D eigenvalue weighted by molar-refractivity contribution is -0.148. The van der Waals surface area contributed by atoms with Gasteiger partial charge in [0.1, 0.15) is 12.1 Å². The molecule has 1 saturated heterocycles. The molecule has 3 unspecified atom stereocenters.